The maximum atomic E-state index is 14.5. The van der Waals surface area contributed by atoms with Gasteiger partial charge in [-0.05, 0) is 12.1 Å². The standard InChI is InChI=1S/C22H14FN5O/c23-17-13-7-8-14-18(17)28-20(15-9-3-1-4-10-15)19(25-27-28)22-24-21(26-29-22)16-11-5-2-6-12-16/h1-14H. The molecule has 6 nitrogen and oxygen atoms in total. The minimum Gasteiger partial charge on any atom is -0.332 e. The minimum atomic E-state index is -0.406. The van der Waals surface area contributed by atoms with Crippen LogP contribution in [-0.2, 0) is 0 Å². The third kappa shape index (κ3) is 3.08. The van der Waals surface area contributed by atoms with E-state index in [1.54, 1.807) is 18.2 Å². The van der Waals surface area contributed by atoms with Gasteiger partial charge in [-0.3, -0.25) is 0 Å². The van der Waals surface area contributed by atoms with E-state index in [0.29, 0.717) is 17.2 Å². The lowest BCUT2D eigenvalue weighted by Crippen LogP contribution is -2.02. The first kappa shape index (κ1) is 17.0. The SMILES string of the molecule is Fc1ccccc1-n1nnc(-c2nc(-c3ccccc3)no2)c1-c1ccccc1. The molecule has 0 fully saturated rings. The average Bonchev–Trinajstić information content (AvgIpc) is 3.43. The highest BCUT2D eigenvalue weighted by Gasteiger charge is 2.24. The summed E-state index contributed by atoms with van der Waals surface area (Å²) in [7, 11) is 0. The number of halogens is 1. The molecule has 2 heterocycles. The van der Waals surface area contributed by atoms with Gasteiger partial charge in [-0.25, -0.2) is 9.07 Å². The largest absolute Gasteiger partial charge is 0.332 e. The molecule has 0 aliphatic heterocycles. The van der Waals surface area contributed by atoms with Crippen LogP contribution in [0.15, 0.2) is 89.5 Å². The molecule has 0 spiro atoms. The Bertz CT molecular complexity index is 1260. The summed E-state index contributed by atoms with van der Waals surface area (Å²) in [5, 5.41) is 12.5. The lowest BCUT2D eigenvalue weighted by atomic mass is 10.1. The Labute approximate surface area is 165 Å². The van der Waals surface area contributed by atoms with Crippen molar-refractivity contribution in [3.63, 3.8) is 0 Å². The maximum absolute atomic E-state index is 14.5. The second-order valence-corrected chi connectivity index (χ2v) is 6.31. The molecule has 3 aromatic carbocycles. The fourth-order valence-corrected chi connectivity index (χ4v) is 3.10. The van der Waals surface area contributed by atoms with Gasteiger partial charge in [0.1, 0.15) is 17.2 Å². The Balaban J connectivity index is 1.69. The number of rotatable bonds is 4. The van der Waals surface area contributed by atoms with Crippen LogP contribution in [0.25, 0.3) is 39.9 Å². The fourth-order valence-electron chi connectivity index (χ4n) is 3.10. The second-order valence-electron chi connectivity index (χ2n) is 6.31. The number of para-hydroxylation sites is 1. The van der Waals surface area contributed by atoms with Crippen molar-refractivity contribution in [3.8, 4) is 39.9 Å². The van der Waals surface area contributed by atoms with Crippen LogP contribution >= 0.6 is 0 Å². The number of hydrogen-bond acceptors (Lipinski definition) is 5. The predicted octanol–water partition coefficient (Wildman–Crippen LogP) is 4.79. The van der Waals surface area contributed by atoms with Crippen LogP contribution in [0.4, 0.5) is 4.39 Å². The quantitative estimate of drug-likeness (QED) is 0.446. The maximum Gasteiger partial charge on any atom is 0.281 e. The van der Waals surface area contributed by atoms with Crippen LogP contribution in [0.5, 0.6) is 0 Å². The molecule has 0 aliphatic carbocycles. The molecular weight excluding hydrogens is 369 g/mol. The molecule has 140 valence electrons. The molecule has 0 saturated heterocycles. The fraction of sp³-hybridized carbons (Fsp3) is 0. The molecule has 0 saturated carbocycles. The molecular formula is C22H14FN5O. The lowest BCUT2D eigenvalue weighted by molar-refractivity contribution is 0.431. The molecule has 7 heteroatoms. The highest BCUT2D eigenvalue weighted by Crippen LogP contribution is 2.32. The molecule has 5 aromatic rings. The van der Waals surface area contributed by atoms with E-state index < -0.39 is 5.82 Å². The number of hydrogen-bond donors (Lipinski definition) is 0. The molecule has 0 atom stereocenters. The zero-order valence-corrected chi connectivity index (χ0v) is 15.1. The average molecular weight is 383 g/mol. The number of benzene rings is 3. The first-order valence-corrected chi connectivity index (χ1v) is 8.97. The van der Waals surface area contributed by atoms with E-state index in [1.165, 1.54) is 10.7 Å². The Morgan fingerprint density at radius 3 is 2.14 bits per heavy atom. The van der Waals surface area contributed by atoms with Crippen LogP contribution in [0, 0.1) is 5.82 Å². The van der Waals surface area contributed by atoms with Crippen molar-refractivity contribution < 1.29 is 8.91 Å². The van der Waals surface area contributed by atoms with Crippen LogP contribution in [0.2, 0.25) is 0 Å². The molecule has 0 unspecified atom stereocenters. The molecule has 5 rings (SSSR count). The van der Waals surface area contributed by atoms with Crippen molar-refractivity contribution in [1.82, 2.24) is 25.1 Å². The highest BCUT2D eigenvalue weighted by atomic mass is 19.1. The topological polar surface area (TPSA) is 69.6 Å². The molecule has 2 aromatic heterocycles. The van der Waals surface area contributed by atoms with Crippen LogP contribution in [-0.4, -0.2) is 25.1 Å². The summed E-state index contributed by atoms with van der Waals surface area (Å²) in [5.41, 5.74) is 2.86. The van der Waals surface area contributed by atoms with E-state index in [1.807, 2.05) is 60.7 Å². The van der Waals surface area contributed by atoms with Crippen LogP contribution < -0.4 is 0 Å². The van der Waals surface area contributed by atoms with Crippen molar-refractivity contribution in [2.24, 2.45) is 0 Å². The van der Waals surface area contributed by atoms with Gasteiger partial charge in [-0.2, -0.15) is 4.98 Å². The van der Waals surface area contributed by atoms with Gasteiger partial charge in [0.25, 0.3) is 5.89 Å². The smallest absolute Gasteiger partial charge is 0.281 e. The Morgan fingerprint density at radius 2 is 1.41 bits per heavy atom. The molecule has 0 amide bonds. The van der Waals surface area contributed by atoms with E-state index >= 15 is 0 Å². The molecule has 0 radical (unpaired) electrons. The van der Waals surface area contributed by atoms with Gasteiger partial charge in [0.2, 0.25) is 5.82 Å². The van der Waals surface area contributed by atoms with Crippen molar-refractivity contribution in [1.29, 1.82) is 0 Å². The Hall–Kier alpha value is -4.13. The third-order valence-corrected chi connectivity index (χ3v) is 4.46. The third-order valence-electron chi connectivity index (χ3n) is 4.46. The zero-order chi connectivity index (χ0) is 19.6. The Kier molecular flexibility index (Phi) is 4.18. The molecule has 29 heavy (non-hydrogen) atoms. The van der Waals surface area contributed by atoms with Gasteiger partial charge < -0.3 is 4.52 Å². The normalized spacial score (nSPS) is 10.9. The molecule has 0 aliphatic rings. The van der Waals surface area contributed by atoms with Crippen LogP contribution in [0.3, 0.4) is 0 Å². The van der Waals surface area contributed by atoms with Gasteiger partial charge in [-0.1, -0.05) is 83.2 Å². The number of aromatic nitrogens is 5. The van der Waals surface area contributed by atoms with Crippen molar-refractivity contribution in [3.05, 3.63) is 90.7 Å². The first-order valence-electron chi connectivity index (χ1n) is 8.97. The van der Waals surface area contributed by atoms with E-state index in [2.05, 4.69) is 20.5 Å². The monoisotopic (exact) mass is 383 g/mol. The summed E-state index contributed by atoms with van der Waals surface area (Å²) in [6, 6.07) is 25.4. The minimum absolute atomic E-state index is 0.213. The summed E-state index contributed by atoms with van der Waals surface area (Å²) >= 11 is 0. The van der Waals surface area contributed by atoms with E-state index in [4.69, 9.17) is 4.52 Å². The molecule has 0 N–H and O–H groups in total. The van der Waals surface area contributed by atoms with E-state index in [-0.39, 0.29) is 11.6 Å². The lowest BCUT2D eigenvalue weighted by Gasteiger charge is -2.08. The van der Waals surface area contributed by atoms with Gasteiger partial charge in [0.05, 0.1) is 0 Å². The van der Waals surface area contributed by atoms with Crippen LogP contribution in [0.1, 0.15) is 0 Å². The van der Waals surface area contributed by atoms with E-state index in [0.717, 1.165) is 11.1 Å². The van der Waals surface area contributed by atoms with Gasteiger partial charge in [0, 0.05) is 11.1 Å². The van der Waals surface area contributed by atoms with Gasteiger partial charge in [-0.15, -0.1) is 5.10 Å². The highest BCUT2D eigenvalue weighted by molar-refractivity contribution is 5.76. The summed E-state index contributed by atoms with van der Waals surface area (Å²) in [6.07, 6.45) is 0. The van der Waals surface area contributed by atoms with Crippen molar-refractivity contribution in [2.75, 3.05) is 0 Å². The first-order chi connectivity index (χ1) is 14.3. The Morgan fingerprint density at radius 1 is 0.759 bits per heavy atom. The van der Waals surface area contributed by atoms with Crippen molar-refractivity contribution >= 4 is 0 Å². The predicted molar refractivity (Wildman–Crippen MR) is 105 cm³/mol. The van der Waals surface area contributed by atoms with Gasteiger partial charge in [0.15, 0.2) is 5.69 Å². The summed E-state index contributed by atoms with van der Waals surface area (Å²) in [6.45, 7) is 0. The van der Waals surface area contributed by atoms with Gasteiger partial charge >= 0.3 is 0 Å². The summed E-state index contributed by atoms with van der Waals surface area (Å²) in [4.78, 5) is 4.48. The summed E-state index contributed by atoms with van der Waals surface area (Å²) < 4.78 is 21.4. The number of nitrogens with zero attached hydrogens (tertiary/aromatic N) is 5. The van der Waals surface area contributed by atoms with Crippen molar-refractivity contribution in [2.45, 2.75) is 0 Å². The second kappa shape index (κ2) is 7.12. The zero-order valence-electron chi connectivity index (χ0n) is 15.1. The van der Waals surface area contributed by atoms with E-state index in [9.17, 15) is 4.39 Å². The summed E-state index contributed by atoms with van der Waals surface area (Å²) in [5.74, 6) is 0.252. The molecule has 0 bridgehead atoms.